The van der Waals surface area contributed by atoms with E-state index >= 15 is 0 Å². The van der Waals surface area contributed by atoms with Gasteiger partial charge in [0.05, 0.1) is 6.61 Å². The summed E-state index contributed by atoms with van der Waals surface area (Å²) in [7, 11) is 0. The Morgan fingerprint density at radius 1 is 0.727 bits per heavy atom. The van der Waals surface area contributed by atoms with Crippen LogP contribution in [0, 0.1) is 5.92 Å². The van der Waals surface area contributed by atoms with Crippen molar-refractivity contribution in [2.45, 2.75) is 103 Å². The van der Waals surface area contributed by atoms with Crippen molar-refractivity contribution in [2.75, 3.05) is 6.61 Å². The van der Waals surface area contributed by atoms with Gasteiger partial charge < -0.3 is 4.74 Å². The molecule has 2 nitrogen and oxygen atoms in total. The van der Waals surface area contributed by atoms with Gasteiger partial charge in [-0.15, -0.1) is 0 Å². The highest BCUT2D eigenvalue weighted by molar-refractivity contribution is 5.86. The lowest BCUT2D eigenvalue weighted by Crippen LogP contribution is -2.23. The van der Waals surface area contributed by atoms with Gasteiger partial charge in [0, 0.05) is 12.3 Å². The molecule has 3 rings (SSSR count). The number of ketones is 1. The Hall–Kier alpha value is -2.09. The quantitative estimate of drug-likeness (QED) is 0.269. The van der Waals surface area contributed by atoms with Crippen molar-refractivity contribution in [1.82, 2.24) is 0 Å². The van der Waals surface area contributed by atoms with Crippen LogP contribution in [0.25, 0.3) is 11.1 Å². The molecule has 2 aromatic rings. The van der Waals surface area contributed by atoms with Crippen molar-refractivity contribution in [3.05, 3.63) is 54.1 Å². The fourth-order valence-electron chi connectivity index (χ4n) is 5.08. The molecule has 2 atom stereocenters. The van der Waals surface area contributed by atoms with Gasteiger partial charge in [0.2, 0.25) is 0 Å². The van der Waals surface area contributed by atoms with E-state index in [1.54, 1.807) is 0 Å². The summed E-state index contributed by atoms with van der Waals surface area (Å²) in [4.78, 5) is 12.7. The highest BCUT2D eigenvalue weighted by atomic mass is 16.5. The van der Waals surface area contributed by atoms with Crippen LogP contribution in [0.1, 0.15) is 109 Å². The van der Waals surface area contributed by atoms with E-state index < -0.39 is 0 Å². The van der Waals surface area contributed by atoms with Crippen LogP contribution >= 0.6 is 0 Å². The lowest BCUT2D eigenvalue weighted by atomic mass is 9.76. The van der Waals surface area contributed by atoms with Crippen LogP contribution in [-0.4, -0.2) is 12.4 Å². The summed E-state index contributed by atoms with van der Waals surface area (Å²) >= 11 is 0. The van der Waals surface area contributed by atoms with E-state index in [1.807, 2.05) is 0 Å². The lowest BCUT2D eigenvalue weighted by molar-refractivity contribution is -0.123. The van der Waals surface area contributed by atoms with E-state index in [0.717, 1.165) is 31.6 Å². The topological polar surface area (TPSA) is 26.3 Å². The highest BCUT2D eigenvalue weighted by Gasteiger charge is 2.29. The molecule has 2 unspecified atom stereocenters. The Morgan fingerprint density at radius 3 is 1.97 bits per heavy atom. The van der Waals surface area contributed by atoms with Crippen LogP contribution in [0.4, 0.5) is 0 Å². The van der Waals surface area contributed by atoms with Crippen molar-refractivity contribution < 1.29 is 9.53 Å². The average Bonchev–Trinajstić information content (AvgIpc) is 2.85. The molecule has 0 radical (unpaired) electrons. The maximum absolute atomic E-state index is 12.7. The zero-order valence-corrected chi connectivity index (χ0v) is 21.0. The SMILES string of the molecule is CCCCCCCCCOc1ccc(-c2ccc(C3CCC(CCCC)CC3=O)cc2)cc1. The summed E-state index contributed by atoms with van der Waals surface area (Å²) in [6.45, 7) is 5.29. The molecule has 0 N–H and O–H groups in total. The molecule has 1 aliphatic carbocycles. The molecule has 0 aromatic heterocycles. The van der Waals surface area contributed by atoms with Gasteiger partial charge in [0.25, 0.3) is 0 Å². The Labute approximate surface area is 202 Å². The van der Waals surface area contributed by atoms with Gasteiger partial charge in [-0.2, -0.15) is 0 Å². The number of rotatable bonds is 14. The molecule has 0 aliphatic heterocycles. The smallest absolute Gasteiger partial charge is 0.140 e. The number of carbonyl (C=O) groups is 1. The Bertz CT molecular complexity index is 806. The molecular formula is C31H44O2. The minimum atomic E-state index is 0.0966. The summed E-state index contributed by atoms with van der Waals surface area (Å²) in [5.41, 5.74) is 3.58. The predicted octanol–water partition coefficient (Wildman–Crippen LogP) is 9.13. The minimum absolute atomic E-state index is 0.0966. The van der Waals surface area contributed by atoms with Gasteiger partial charge in [-0.3, -0.25) is 4.79 Å². The van der Waals surface area contributed by atoms with Crippen molar-refractivity contribution in [1.29, 1.82) is 0 Å². The number of hydrogen-bond acceptors (Lipinski definition) is 2. The number of carbonyl (C=O) groups excluding carboxylic acids is 1. The first-order valence-electron chi connectivity index (χ1n) is 13.6. The van der Waals surface area contributed by atoms with E-state index in [4.69, 9.17) is 4.74 Å². The zero-order valence-electron chi connectivity index (χ0n) is 21.0. The summed E-state index contributed by atoms with van der Waals surface area (Å²) in [6.07, 6.45) is 15.8. The summed E-state index contributed by atoms with van der Waals surface area (Å²) in [6, 6.07) is 17.1. The second-order valence-corrected chi connectivity index (χ2v) is 9.92. The molecule has 1 fully saturated rings. The van der Waals surface area contributed by atoms with Crippen molar-refractivity contribution >= 4 is 5.78 Å². The monoisotopic (exact) mass is 448 g/mol. The molecule has 33 heavy (non-hydrogen) atoms. The van der Waals surface area contributed by atoms with Gasteiger partial charge >= 0.3 is 0 Å². The Kier molecular flexibility index (Phi) is 11.0. The van der Waals surface area contributed by atoms with Gasteiger partial charge in [0.1, 0.15) is 11.5 Å². The van der Waals surface area contributed by atoms with E-state index in [0.29, 0.717) is 11.7 Å². The largest absolute Gasteiger partial charge is 0.494 e. The number of unbranched alkanes of at least 4 members (excludes halogenated alkanes) is 7. The molecule has 0 heterocycles. The van der Waals surface area contributed by atoms with E-state index in [2.05, 4.69) is 62.4 Å². The predicted molar refractivity (Wildman–Crippen MR) is 140 cm³/mol. The normalized spacial score (nSPS) is 18.4. The summed E-state index contributed by atoms with van der Waals surface area (Å²) < 4.78 is 5.93. The summed E-state index contributed by atoms with van der Waals surface area (Å²) in [5.74, 6) is 2.10. The number of ether oxygens (including phenoxy) is 1. The zero-order chi connectivity index (χ0) is 23.3. The molecular weight excluding hydrogens is 404 g/mol. The molecule has 0 saturated heterocycles. The van der Waals surface area contributed by atoms with Gasteiger partial charge in [-0.1, -0.05) is 108 Å². The first-order valence-corrected chi connectivity index (χ1v) is 13.6. The second-order valence-electron chi connectivity index (χ2n) is 9.92. The second kappa shape index (κ2) is 14.2. The van der Waals surface area contributed by atoms with Crippen LogP contribution in [0.2, 0.25) is 0 Å². The highest BCUT2D eigenvalue weighted by Crippen LogP contribution is 2.36. The first kappa shape index (κ1) is 25.5. The van der Waals surface area contributed by atoms with Crippen LogP contribution in [0.15, 0.2) is 48.5 Å². The first-order chi connectivity index (χ1) is 16.2. The van der Waals surface area contributed by atoms with Gasteiger partial charge in [-0.05, 0) is 54.0 Å². The van der Waals surface area contributed by atoms with Gasteiger partial charge in [-0.25, -0.2) is 0 Å². The molecule has 180 valence electrons. The van der Waals surface area contributed by atoms with E-state index in [-0.39, 0.29) is 5.92 Å². The van der Waals surface area contributed by atoms with E-state index in [9.17, 15) is 4.79 Å². The molecule has 0 bridgehead atoms. The fraction of sp³-hybridized carbons (Fsp3) is 0.581. The number of benzene rings is 2. The fourth-order valence-corrected chi connectivity index (χ4v) is 5.08. The molecule has 2 heteroatoms. The maximum atomic E-state index is 12.7. The number of hydrogen-bond donors (Lipinski definition) is 0. The Morgan fingerprint density at radius 2 is 1.33 bits per heavy atom. The molecule has 0 amide bonds. The van der Waals surface area contributed by atoms with Crippen molar-refractivity contribution in [3.8, 4) is 16.9 Å². The third-order valence-electron chi connectivity index (χ3n) is 7.23. The van der Waals surface area contributed by atoms with Crippen molar-refractivity contribution in [3.63, 3.8) is 0 Å². The standard InChI is InChI=1S/C31H44O2/c1-3-5-7-8-9-10-11-23-33-29-20-18-27(19-21-29)26-14-16-28(17-15-26)30-22-13-25(12-6-4-2)24-31(30)32/h14-21,25,30H,3-13,22-24H2,1-2H3. The maximum Gasteiger partial charge on any atom is 0.140 e. The molecule has 1 saturated carbocycles. The van der Waals surface area contributed by atoms with E-state index in [1.165, 1.54) is 80.9 Å². The van der Waals surface area contributed by atoms with Crippen LogP contribution in [0.5, 0.6) is 5.75 Å². The lowest BCUT2D eigenvalue weighted by Gasteiger charge is -2.27. The summed E-state index contributed by atoms with van der Waals surface area (Å²) in [5, 5.41) is 0. The third kappa shape index (κ3) is 8.32. The third-order valence-corrected chi connectivity index (χ3v) is 7.23. The van der Waals surface area contributed by atoms with Crippen molar-refractivity contribution in [2.24, 2.45) is 5.92 Å². The average molecular weight is 449 g/mol. The van der Waals surface area contributed by atoms with Gasteiger partial charge in [0.15, 0.2) is 0 Å². The van der Waals surface area contributed by atoms with Crippen LogP contribution < -0.4 is 4.74 Å². The molecule has 1 aliphatic rings. The van der Waals surface area contributed by atoms with Crippen LogP contribution in [0.3, 0.4) is 0 Å². The minimum Gasteiger partial charge on any atom is -0.494 e. The Balaban J connectivity index is 1.44. The van der Waals surface area contributed by atoms with Crippen LogP contribution in [-0.2, 0) is 4.79 Å². The molecule has 0 spiro atoms. The number of Topliss-reactive ketones (excluding diaryl/α,β-unsaturated/α-hetero) is 1. The molecule has 2 aromatic carbocycles.